The first kappa shape index (κ1) is 21.9. The smallest absolute Gasteiger partial charge is 0.292 e. The molecule has 4 saturated heterocycles. The summed E-state index contributed by atoms with van der Waals surface area (Å²) >= 11 is 3.77. The van der Waals surface area contributed by atoms with Crippen LogP contribution in [0.4, 0.5) is 11.4 Å². The second-order valence-corrected chi connectivity index (χ2v) is 11.2. The summed E-state index contributed by atoms with van der Waals surface area (Å²) in [7, 11) is 0. The first-order valence-corrected chi connectivity index (χ1v) is 13.5. The summed E-state index contributed by atoms with van der Waals surface area (Å²) in [5, 5.41) is 0. The zero-order chi connectivity index (χ0) is 22.2. The number of nitrogens with one attached hydrogen (secondary N) is 2. The predicted octanol–water partition coefficient (Wildman–Crippen LogP) is -1.79. The standard InChI is InChI=1S/C22H26N4O4S2/c27-19-13-17(23-5-9-31-10-6-23)21(29)25(19)15-1-2-16(4-3-15)26-20(28)14-18(22(26)30)24-7-11-32-12-8-24/h1-4,17-18H,5-14H2/p+2/t17-,18-/m0/s1. The highest BCUT2D eigenvalue weighted by Gasteiger charge is 2.47. The van der Waals surface area contributed by atoms with Crippen molar-refractivity contribution >= 4 is 58.5 Å². The van der Waals surface area contributed by atoms with Crippen LogP contribution < -0.4 is 19.6 Å². The Morgan fingerprint density at radius 1 is 0.625 bits per heavy atom. The van der Waals surface area contributed by atoms with E-state index in [0.717, 1.165) is 49.2 Å². The molecule has 0 saturated carbocycles. The highest BCUT2D eigenvalue weighted by molar-refractivity contribution is 7.99. The highest BCUT2D eigenvalue weighted by atomic mass is 32.2. The number of anilines is 2. The van der Waals surface area contributed by atoms with E-state index in [-0.39, 0.29) is 48.6 Å². The molecule has 4 heterocycles. The van der Waals surface area contributed by atoms with Gasteiger partial charge < -0.3 is 9.80 Å². The van der Waals surface area contributed by atoms with Crippen molar-refractivity contribution < 1.29 is 29.0 Å². The fraction of sp³-hybridized carbons (Fsp3) is 0.545. The lowest BCUT2D eigenvalue weighted by Gasteiger charge is -2.27. The van der Waals surface area contributed by atoms with Gasteiger partial charge in [-0.3, -0.25) is 19.2 Å². The molecule has 4 aliphatic heterocycles. The average molecular weight is 477 g/mol. The molecular formula is C22H28N4O4S2+2. The minimum Gasteiger partial charge on any atom is -0.323 e. The van der Waals surface area contributed by atoms with Crippen LogP contribution in [0.5, 0.6) is 0 Å². The fourth-order valence-electron chi connectivity index (χ4n) is 5.16. The summed E-state index contributed by atoms with van der Waals surface area (Å²) in [6, 6.07) is 6.08. The van der Waals surface area contributed by atoms with E-state index in [2.05, 4.69) is 0 Å². The SMILES string of the molecule is O=C1C[C@H]([NH+]2CCSCC2)C(=O)N1c1ccc(N2C(=O)C[C@H]([NH+]3CCSCC3)C2=O)cc1. The number of nitrogens with zero attached hydrogens (tertiary/aromatic N) is 2. The molecule has 5 rings (SSSR count). The molecular weight excluding hydrogens is 448 g/mol. The van der Waals surface area contributed by atoms with E-state index >= 15 is 0 Å². The van der Waals surface area contributed by atoms with Gasteiger partial charge in [0.15, 0.2) is 12.1 Å². The average Bonchev–Trinajstić information content (AvgIpc) is 3.29. The fourth-order valence-corrected chi connectivity index (χ4v) is 7.19. The molecule has 32 heavy (non-hydrogen) atoms. The molecule has 170 valence electrons. The zero-order valence-electron chi connectivity index (χ0n) is 17.9. The summed E-state index contributed by atoms with van der Waals surface area (Å²) in [6.07, 6.45) is 0.477. The molecule has 2 atom stereocenters. The van der Waals surface area contributed by atoms with Crippen LogP contribution in [0.1, 0.15) is 12.8 Å². The molecule has 4 amide bonds. The molecule has 10 heteroatoms. The van der Waals surface area contributed by atoms with Gasteiger partial charge in [0.2, 0.25) is 11.8 Å². The first-order chi connectivity index (χ1) is 15.5. The third-order valence-electron chi connectivity index (χ3n) is 6.92. The number of rotatable bonds is 4. The number of quaternary nitrogens is 2. The van der Waals surface area contributed by atoms with E-state index in [1.54, 1.807) is 24.3 Å². The normalized spacial score (nSPS) is 28.2. The molecule has 2 N–H and O–H groups in total. The van der Waals surface area contributed by atoms with E-state index < -0.39 is 0 Å². The molecule has 4 aliphatic rings. The number of hydrogen-bond donors (Lipinski definition) is 2. The molecule has 0 aliphatic carbocycles. The van der Waals surface area contributed by atoms with Gasteiger partial charge in [0.25, 0.3) is 11.8 Å². The van der Waals surface area contributed by atoms with Gasteiger partial charge in [-0.1, -0.05) is 0 Å². The van der Waals surface area contributed by atoms with Crippen molar-refractivity contribution in [2.75, 3.05) is 59.0 Å². The van der Waals surface area contributed by atoms with Crippen LogP contribution in [-0.4, -0.2) is 84.9 Å². The molecule has 0 unspecified atom stereocenters. The van der Waals surface area contributed by atoms with E-state index in [9.17, 15) is 19.2 Å². The molecule has 4 fully saturated rings. The van der Waals surface area contributed by atoms with E-state index in [1.807, 2.05) is 23.5 Å². The van der Waals surface area contributed by atoms with E-state index in [4.69, 9.17) is 0 Å². The summed E-state index contributed by atoms with van der Waals surface area (Å²) in [5.41, 5.74) is 1.01. The molecule has 1 aromatic carbocycles. The molecule has 0 aromatic heterocycles. The van der Waals surface area contributed by atoms with Crippen LogP contribution in [0.3, 0.4) is 0 Å². The Morgan fingerprint density at radius 3 is 1.31 bits per heavy atom. The van der Waals surface area contributed by atoms with Gasteiger partial charge in [-0.25, -0.2) is 9.80 Å². The Morgan fingerprint density at radius 2 is 0.969 bits per heavy atom. The number of amides is 4. The van der Waals surface area contributed by atoms with E-state index in [0.29, 0.717) is 11.4 Å². The maximum Gasteiger partial charge on any atom is 0.292 e. The lowest BCUT2D eigenvalue weighted by molar-refractivity contribution is -0.911. The van der Waals surface area contributed by atoms with Crippen LogP contribution in [0.2, 0.25) is 0 Å². The second-order valence-electron chi connectivity index (χ2n) is 8.71. The number of imide groups is 2. The Labute approximate surface area is 195 Å². The van der Waals surface area contributed by atoms with Gasteiger partial charge in [0.1, 0.15) is 0 Å². The minimum absolute atomic E-state index is 0.149. The molecule has 0 bridgehead atoms. The summed E-state index contributed by atoms with van der Waals surface area (Å²) in [5.74, 6) is 3.39. The summed E-state index contributed by atoms with van der Waals surface area (Å²) in [6.45, 7) is 3.61. The lowest BCUT2D eigenvalue weighted by atomic mass is 10.2. The van der Waals surface area contributed by atoms with Crippen LogP contribution in [0.25, 0.3) is 0 Å². The van der Waals surface area contributed by atoms with Gasteiger partial charge in [-0.15, -0.1) is 0 Å². The van der Waals surface area contributed by atoms with Gasteiger partial charge in [-0.2, -0.15) is 23.5 Å². The second kappa shape index (κ2) is 9.17. The van der Waals surface area contributed by atoms with Gasteiger partial charge >= 0.3 is 0 Å². The third kappa shape index (κ3) is 3.98. The number of carbonyl (C=O) groups is 4. The van der Waals surface area contributed by atoms with Crippen molar-refractivity contribution in [1.29, 1.82) is 0 Å². The van der Waals surface area contributed by atoms with E-state index in [1.165, 1.54) is 19.6 Å². The van der Waals surface area contributed by atoms with Crippen molar-refractivity contribution in [2.45, 2.75) is 24.9 Å². The molecule has 1 aromatic rings. The van der Waals surface area contributed by atoms with Crippen molar-refractivity contribution in [1.82, 2.24) is 0 Å². The van der Waals surface area contributed by atoms with Crippen molar-refractivity contribution in [3.63, 3.8) is 0 Å². The minimum atomic E-state index is -0.309. The largest absolute Gasteiger partial charge is 0.323 e. The number of benzene rings is 1. The van der Waals surface area contributed by atoms with Gasteiger partial charge in [0, 0.05) is 23.0 Å². The maximum absolute atomic E-state index is 13.0. The zero-order valence-corrected chi connectivity index (χ0v) is 19.5. The monoisotopic (exact) mass is 476 g/mol. The first-order valence-electron chi connectivity index (χ1n) is 11.2. The van der Waals surface area contributed by atoms with Crippen LogP contribution in [0, 0.1) is 0 Å². The summed E-state index contributed by atoms with van der Waals surface area (Å²) in [4.78, 5) is 56.3. The Bertz CT molecular complexity index is 853. The topological polar surface area (TPSA) is 83.6 Å². The number of carbonyl (C=O) groups excluding carboxylic acids is 4. The highest BCUT2D eigenvalue weighted by Crippen LogP contribution is 2.28. The number of hydrogen-bond acceptors (Lipinski definition) is 6. The molecule has 0 spiro atoms. The maximum atomic E-state index is 13.0. The van der Waals surface area contributed by atoms with Crippen LogP contribution in [0.15, 0.2) is 24.3 Å². The van der Waals surface area contributed by atoms with Crippen molar-refractivity contribution in [3.8, 4) is 0 Å². The van der Waals surface area contributed by atoms with Crippen molar-refractivity contribution in [3.05, 3.63) is 24.3 Å². The predicted molar refractivity (Wildman–Crippen MR) is 124 cm³/mol. The third-order valence-corrected chi connectivity index (χ3v) is 8.89. The molecule has 8 nitrogen and oxygen atoms in total. The Hall–Kier alpha value is -1.88. The van der Waals surface area contributed by atoms with Crippen molar-refractivity contribution in [2.24, 2.45) is 0 Å². The van der Waals surface area contributed by atoms with Gasteiger partial charge in [0.05, 0.1) is 50.4 Å². The Kier molecular flexibility index (Phi) is 6.28. The number of thioether (sulfide) groups is 2. The Balaban J connectivity index is 1.31. The summed E-state index contributed by atoms with van der Waals surface area (Å²) < 4.78 is 0. The van der Waals surface area contributed by atoms with Crippen LogP contribution >= 0.6 is 23.5 Å². The van der Waals surface area contributed by atoms with Crippen LogP contribution in [-0.2, 0) is 19.2 Å². The quantitative estimate of drug-likeness (QED) is 0.500. The van der Waals surface area contributed by atoms with Gasteiger partial charge in [-0.05, 0) is 24.3 Å². The molecule has 0 radical (unpaired) electrons. The lowest BCUT2D eigenvalue weighted by Crippen LogP contribution is -3.18.